The topological polar surface area (TPSA) is 62.5 Å². The molecule has 7 heteroatoms. The quantitative estimate of drug-likeness (QED) is 0.930. The second-order valence-corrected chi connectivity index (χ2v) is 5.22. The van der Waals surface area contributed by atoms with Crippen molar-refractivity contribution in [3.8, 4) is 0 Å². The van der Waals surface area contributed by atoms with Gasteiger partial charge in [0, 0.05) is 24.3 Å². The molecule has 0 aliphatic carbocycles. The highest BCUT2D eigenvalue weighted by Gasteiger charge is 2.17. The van der Waals surface area contributed by atoms with Crippen LogP contribution in [0.1, 0.15) is 13.8 Å². The molecular weight excluding hydrogens is 310 g/mol. The molecule has 19 heavy (non-hydrogen) atoms. The van der Waals surface area contributed by atoms with Crippen molar-refractivity contribution in [2.75, 3.05) is 18.9 Å². The fourth-order valence-corrected chi connectivity index (χ4v) is 1.99. The third-order valence-corrected chi connectivity index (χ3v) is 3.33. The lowest BCUT2D eigenvalue weighted by Crippen LogP contribution is -2.39. The van der Waals surface area contributed by atoms with Gasteiger partial charge in [0.1, 0.15) is 6.04 Å². The zero-order chi connectivity index (χ0) is 14.0. The molecular formula is C12H16BrN5O. The van der Waals surface area contributed by atoms with Crippen LogP contribution < -0.4 is 5.32 Å². The first kappa shape index (κ1) is 13.8. The molecule has 1 N–H and O–H groups in total. The Morgan fingerprint density at radius 3 is 3.00 bits per heavy atom. The largest absolute Gasteiger partial charge is 0.344 e. The first-order chi connectivity index (χ1) is 9.01. The normalized spacial score (nSPS) is 12.4. The SMILES string of the molecule is CCN(C)C(=O)C(C)Nc1nc2ccc(Br)cn2n1. The van der Waals surface area contributed by atoms with Gasteiger partial charge in [-0.3, -0.25) is 4.79 Å². The Morgan fingerprint density at radius 2 is 2.32 bits per heavy atom. The molecule has 2 aromatic heterocycles. The van der Waals surface area contributed by atoms with Gasteiger partial charge in [-0.1, -0.05) is 0 Å². The van der Waals surface area contributed by atoms with Crippen molar-refractivity contribution in [3.05, 3.63) is 22.8 Å². The summed E-state index contributed by atoms with van der Waals surface area (Å²) in [5.74, 6) is 0.464. The number of pyridine rings is 1. The van der Waals surface area contributed by atoms with E-state index in [1.165, 1.54) is 0 Å². The van der Waals surface area contributed by atoms with E-state index in [9.17, 15) is 4.79 Å². The summed E-state index contributed by atoms with van der Waals surface area (Å²) in [7, 11) is 1.77. The molecule has 0 bridgehead atoms. The lowest BCUT2D eigenvalue weighted by Gasteiger charge is -2.19. The summed E-state index contributed by atoms with van der Waals surface area (Å²) in [6.45, 7) is 4.41. The third kappa shape index (κ3) is 3.04. The maximum Gasteiger partial charge on any atom is 0.244 e. The summed E-state index contributed by atoms with van der Waals surface area (Å²) in [4.78, 5) is 17.9. The Morgan fingerprint density at radius 1 is 1.58 bits per heavy atom. The van der Waals surface area contributed by atoms with Crippen molar-refractivity contribution < 1.29 is 4.79 Å². The number of carbonyl (C=O) groups is 1. The number of likely N-dealkylation sites (N-methyl/N-ethyl adjacent to an activating group) is 1. The molecule has 0 fully saturated rings. The number of fused-ring (bicyclic) bond motifs is 1. The van der Waals surface area contributed by atoms with Crippen molar-refractivity contribution >= 4 is 33.4 Å². The van der Waals surface area contributed by atoms with Crippen LogP contribution in [0.4, 0.5) is 5.95 Å². The number of nitrogens with one attached hydrogen (secondary N) is 1. The molecule has 1 unspecified atom stereocenters. The van der Waals surface area contributed by atoms with Crippen LogP contribution in [-0.4, -0.2) is 45.0 Å². The summed E-state index contributed by atoms with van der Waals surface area (Å²) in [5.41, 5.74) is 0.731. The van der Waals surface area contributed by atoms with Gasteiger partial charge in [0.05, 0.1) is 0 Å². The number of halogens is 1. The summed E-state index contributed by atoms with van der Waals surface area (Å²) in [6, 6.07) is 3.39. The van der Waals surface area contributed by atoms with Crippen molar-refractivity contribution in [2.24, 2.45) is 0 Å². The number of rotatable bonds is 4. The minimum atomic E-state index is -0.356. The lowest BCUT2D eigenvalue weighted by atomic mass is 10.3. The highest BCUT2D eigenvalue weighted by atomic mass is 79.9. The van der Waals surface area contributed by atoms with E-state index in [2.05, 4.69) is 31.3 Å². The maximum atomic E-state index is 11.9. The van der Waals surface area contributed by atoms with Crippen molar-refractivity contribution in [1.29, 1.82) is 0 Å². The van der Waals surface area contributed by atoms with Crippen LogP contribution in [0.5, 0.6) is 0 Å². The van der Waals surface area contributed by atoms with Crippen LogP contribution in [0.2, 0.25) is 0 Å². The first-order valence-electron chi connectivity index (χ1n) is 6.04. The zero-order valence-corrected chi connectivity index (χ0v) is 12.7. The van der Waals surface area contributed by atoms with Gasteiger partial charge in [0.2, 0.25) is 11.9 Å². The standard InChI is InChI=1S/C12H16BrN5O/c1-4-17(3)11(19)8(2)14-12-15-10-6-5-9(13)7-18(10)16-12/h5-8H,4H2,1-3H3,(H,14,16). The zero-order valence-electron chi connectivity index (χ0n) is 11.1. The van der Waals surface area contributed by atoms with Gasteiger partial charge in [-0.05, 0) is 41.9 Å². The molecule has 1 amide bonds. The Hall–Kier alpha value is -1.63. The van der Waals surface area contributed by atoms with Gasteiger partial charge < -0.3 is 10.2 Å². The molecule has 102 valence electrons. The van der Waals surface area contributed by atoms with Gasteiger partial charge >= 0.3 is 0 Å². The molecule has 0 saturated heterocycles. The van der Waals surface area contributed by atoms with E-state index in [1.54, 1.807) is 23.4 Å². The number of anilines is 1. The highest BCUT2D eigenvalue weighted by molar-refractivity contribution is 9.10. The second-order valence-electron chi connectivity index (χ2n) is 4.30. The van der Waals surface area contributed by atoms with E-state index >= 15 is 0 Å². The molecule has 0 spiro atoms. The molecule has 2 heterocycles. The predicted molar refractivity (Wildman–Crippen MR) is 77.1 cm³/mol. The number of carbonyl (C=O) groups excluding carboxylic acids is 1. The smallest absolute Gasteiger partial charge is 0.244 e. The Labute approximate surface area is 119 Å². The Kier molecular flexibility index (Phi) is 4.04. The number of hydrogen-bond donors (Lipinski definition) is 1. The van der Waals surface area contributed by atoms with Crippen molar-refractivity contribution in [3.63, 3.8) is 0 Å². The van der Waals surface area contributed by atoms with Crippen LogP contribution >= 0.6 is 15.9 Å². The average Bonchev–Trinajstić information content (AvgIpc) is 2.77. The van der Waals surface area contributed by atoms with Gasteiger partial charge in [0.15, 0.2) is 5.65 Å². The van der Waals surface area contributed by atoms with Gasteiger partial charge in [-0.2, -0.15) is 4.98 Å². The van der Waals surface area contributed by atoms with Crippen molar-refractivity contribution in [1.82, 2.24) is 19.5 Å². The van der Waals surface area contributed by atoms with Crippen LogP contribution in [0.25, 0.3) is 5.65 Å². The molecule has 0 radical (unpaired) electrons. The molecule has 0 aliphatic rings. The van der Waals surface area contributed by atoms with Gasteiger partial charge in [-0.15, -0.1) is 5.10 Å². The summed E-state index contributed by atoms with van der Waals surface area (Å²) in [6.07, 6.45) is 1.82. The van der Waals surface area contributed by atoms with E-state index < -0.39 is 0 Å². The minimum Gasteiger partial charge on any atom is -0.344 e. The predicted octanol–water partition coefficient (Wildman–Crippen LogP) is 1.77. The Balaban J connectivity index is 2.15. The number of hydrogen-bond acceptors (Lipinski definition) is 4. The number of nitrogens with zero attached hydrogens (tertiary/aromatic N) is 4. The highest BCUT2D eigenvalue weighted by Crippen LogP contribution is 2.12. The fraction of sp³-hybridized carbons (Fsp3) is 0.417. The van der Waals surface area contributed by atoms with E-state index in [1.807, 2.05) is 25.3 Å². The van der Waals surface area contributed by atoms with Crippen LogP contribution in [0.3, 0.4) is 0 Å². The molecule has 0 aliphatic heterocycles. The van der Waals surface area contributed by atoms with E-state index in [-0.39, 0.29) is 11.9 Å². The number of amides is 1. The Bertz CT molecular complexity index is 597. The van der Waals surface area contributed by atoms with Crippen LogP contribution in [-0.2, 0) is 4.79 Å². The van der Waals surface area contributed by atoms with E-state index in [0.717, 1.165) is 10.1 Å². The molecule has 0 saturated carbocycles. The van der Waals surface area contributed by atoms with Gasteiger partial charge in [0.25, 0.3) is 0 Å². The summed E-state index contributed by atoms with van der Waals surface area (Å²) >= 11 is 3.37. The van der Waals surface area contributed by atoms with Gasteiger partial charge in [-0.25, -0.2) is 4.52 Å². The van der Waals surface area contributed by atoms with Crippen LogP contribution in [0.15, 0.2) is 22.8 Å². The molecule has 2 rings (SSSR count). The minimum absolute atomic E-state index is 0.0162. The molecule has 6 nitrogen and oxygen atoms in total. The van der Waals surface area contributed by atoms with Crippen LogP contribution in [0, 0.1) is 0 Å². The number of aromatic nitrogens is 3. The van der Waals surface area contributed by atoms with E-state index in [4.69, 9.17) is 0 Å². The molecule has 1 atom stereocenters. The monoisotopic (exact) mass is 325 g/mol. The fourth-order valence-electron chi connectivity index (χ4n) is 1.66. The third-order valence-electron chi connectivity index (χ3n) is 2.86. The summed E-state index contributed by atoms with van der Waals surface area (Å²) in [5, 5.41) is 7.29. The summed E-state index contributed by atoms with van der Waals surface area (Å²) < 4.78 is 2.58. The maximum absolute atomic E-state index is 11.9. The average molecular weight is 326 g/mol. The molecule has 0 aromatic carbocycles. The van der Waals surface area contributed by atoms with E-state index in [0.29, 0.717) is 12.5 Å². The van der Waals surface area contributed by atoms with Crippen molar-refractivity contribution in [2.45, 2.75) is 19.9 Å². The molecule has 2 aromatic rings. The first-order valence-corrected chi connectivity index (χ1v) is 6.84. The lowest BCUT2D eigenvalue weighted by molar-refractivity contribution is -0.130. The second kappa shape index (κ2) is 5.56.